The second-order valence-electron chi connectivity index (χ2n) is 1.87. The van der Waals surface area contributed by atoms with Crippen molar-refractivity contribution in [2.45, 2.75) is 17.5 Å². The highest BCUT2D eigenvalue weighted by Crippen LogP contribution is 2.03. The molecule has 0 bridgehead atoms. The lowest BCUT2D eigenvalue weighted by Gasteiger charge is -2.16. The van der Waals surface area contributed by atoms with E-state index in [0.717, 1.165) is 0 Å². The van der Waals surface area contributed by atoms with Crippen molar-refractivity contribution >= 4 is 18.9 Å². The van der Waals surface area contributed by atoms with Crippen molar-refractivity contribution in [1.82, 2.24) is 0 Å². The van der Waals surface area contributed by atoms with E-state index < -0.39 is 17.5 Å². The normalized spacial score (nSPS) is 19.6. The van der Waals surface area contributed by atoms with E-state index in [1.54, 1.807) is 0 Å². The molecular formula is C5H10O4S. The predicted octanol–water partition coefficient (Wildman–Crippen LogP) is -1.80. The zero-order chi connectivity index (χ0) is 8.15. The molecule has 60 valence electrons. The van der Waals surface area contributed by atoms with Gasteiger partial charge in [0.25, 0.3) is 0 Å². The summed E-state index contributed by atoms with van der Waals surface area (Å²) in [6.45, 7) is -0.380. The minimum atomic E-state index is -1.46. The Bertz CT molecular complexity index is 108. The Hall–Kier alpha value is -0.100. The van der Waals surface area contributed by atoms with Gasteiger partial charge in [-0.2, -0.15) is 12.6 Å². The van der Waals surface area contributed by atoms with Gasteiger partial charge < -0.3 is 20.1 Å². The van der Waals surface area contributed by atoms with E-state index in [1.165, 1.54) is 0 Å². The minimum Gasteiger partial charge on any atom is -0.395 e. The Labute approximate surface area is 63.9 Å². The maximum absolute atomic E-state index is 9.84. The van der Waals surface area contributed by atoms with Crippen LogP contribution in [0.3, 0.4) is 0 Å². The first-order valence-corrected chi connectivity index (χ1v) is 3.25. The van der Waals surface area contributed by atoms with Crippen LogP contribution >= 0.6 is 12.6 Å². The monoisotopic (exact) mass is 166 g/mol. The molecule has 0 aliphatic rings. The van der Waals surface area contributed by atoms with Crippen molar-refractivity contribution in [3.63, 3.8) is 0 Å². The molecule has 4 nitrogen and oxygen atoms in total. The third-order valence-corrected chi connectivity index (χ3v) is 1.54. The van der Waals surface area contributed by atoms with Crippen molar-refractivity contribution in [2.24, 2.45) is 0 Å². The number of rotatable bonds is 4. The summed E-state index contributed by atoms with van der Waals surface area (Å²) in [6.07, 6.45) is -2.57. The van der Waals surface area contributed by atoms with Crippen LogP contribution in [0.25, 0.3) is 0 Å². The number of hydrogen-bond donors (Lipinski definition) is 4. The molecule has 3 N–H and O–H groups in total. The zero-order valence-electron chi connectivity index (χ0n) is 5.21. The number of carbonyl (C=O) groups excluding carboxylic acids is 1. The Morgan fingerprint density at radius 1 is 1.50 bits per heavy atom. The second kappa shape index (κ2) is 4.68. The molecule has 0 saturated heterocycles. The van der Waals surface area contributed by atoms with E-state index in [9.17, 15) is 4.79 Å². The minimum absolute atomic E-state index is 0.198. The summed E-state index contributed by atoms with van der Waals surface area (Å²) in [7, 11) is 0. The van der Waals surface area contributed by atoms with Crippen molar-refractivity contribution in [3.05, 3.63) is 0 Å². The number of aliphatic hydroxyl groups is 3. The molecule has 0 aromatic heterocycles. The molecular weight excluding hydrogens is 156 g/mol. The molecule has 3 unspecified atom stereocenters. The lowest BCUT2D eigenvalue weighted by Crippen LogP contribution is -2.37. The van der Waals surface area contributed by atoms with Gasteiger partial charge in [0.05, 0.1) is 11.9 Å². The summed E-state index contributed by atoms with van der Waals surface area (Å²) in [6, 6.07) is 0. The number of carbonyl (C=O) groups is 1. The molecule has 0 radical (unpaired) electrons. The average molecular weight is 166 g/mol. The highest BCUT2D eigenvalue weighted by molar-refractivity contribution is 7.81. The van der Waals surface area contributed by atoms with Gasteiger partial charge in [0.2, 0.25) is 0 Å². The van der Waals surface area contributed by atoms with Crippen LogP contribution < -0.4 is 0 Å². The second-order valence-corrected chi connectivity index (χ2v) is 2.53. The molecule has 10 heavy (non-hydrogen) atoms. The highest BCUT2D eigenvalue weighted by Gasteiger charge is 2.21. The van der Waals surface area contributed by atoms with Crippen LogP contribution in [0.1, 0.15) is 0 Å². The molecule has 0 aromatic carbocycles. The fourth-order valence-electron chi connectivity index (χ4n) is 0.416. The van der Waals surface area contributed by atoms with Crippen LogP contribution in [0, 0.1) is 0 Å². The zero-order valence-corrected chi connectivity index (χ0v) is 6.11. The summed E-state index contributed by atoms with van der Waals surface area (Å²) in [5.74, 6) is 0. The molecule has 0 aliphatic carbocycles. The Balaban J connectivity index is 3.80. The first-order chi connectivity index (χ1) is 4.63. The molecule has 0 rings (SSSR count). The largest absolute Gasteiger partial charge is 0.395 e. The molecule has 3 atom stereocenters. The van der Waals surface area contributed by atoms with E-state index in [0.29, 0.717) is 0 Å². The standard InChI is InChI=1S/C5H10O4S/c6-1-3(8)5(9)4(10)2-7/h1,3-5,7-10H,2H2. The van der Waals surface area contributed by atoms with E-state index in [4.69, 9.17) is 15.3 Å². The maximum Gasteiger partial charge on any atom is 0.151 e. The fourth-order valence-corrected chi connectivity index (χ4v) is 0.592. The van der Waals surface area contributed by atoms with Gasteiger partial charge >= 0.3 is 0 Å². The Morgan fingerprint density at radius 3 is 2.30 bits per heavy atom. The predicted molar refractivity (Wildman–Crippen MR) is 37.9 cm³/mol. The lowest BCUT2D eigenvalue weighted by molar-refractivity contribution is -0.120. The third-order valence-electron chi connectivity index (χ3n) is 1.07. The molecule has 5 heteroatoms. The summed E-state index contributed by atoms with van der Waals surface area (Å²) in [5, 5.41) is 25.1. The third kappa shape index (κ3) is 2.66. The average Bonchev–Trinajstić information content (AvgIpc) is 2.00. The van der Waals surface area contributed by atoms with Crippen LogP contribution in [-0.2, 0) is 4.79 Å². The number of thiol groups is 1. The molecule has 0 saturated carbocycles. The molecule has 0 aromatic rings. The SMILES string of the molecule is O=CC(O)C(O)C(S)CO. The number of aldehydes is 1. The van der Waals surface area contributed by atoms with Crippen LogP contribution in [0.4, 0.5) is 0 Å². The molecule has 0 aliphatic heterocycles. The van der Waals surface area contributed by atoms with E-state index in [1.807, 2.05) is 0 Å². The number of hydrogen-bond acceptors (Lipinski definition) is 5. The van der Waals surface area contributed by atoms with Crippen molar-refractivity contribution in [1.29, 1.82) is 0 Å². The quantitative estimate of drug-likeness (QED) is 0.293. The Morgan fingerprint density at radius 2 is 2.00 bits per heavy atom. The van der Waals surface area contributed by atoms with Crippen LogP contribution in [0.5, 0.6) is 0 Å². The summed E-state index contributed by atoms with van der Waals surface area (Å²) >= 11 is 3.70. The van der Waals surface area contributed by atoms with Gasteiger partial charge in [-0.1, -0.05) is 0 Å². The fraction of sp³-hybridized carbons (Fsp3) is 0.800. The van der Waals surface area contributed by atoms with Crippen molar-refractivity contribution < 1.29 is 20.1 Å². The van der Waals surface area contributed by atoms with E-state index >= 15 is 0 Å². The number of aliphatic hydroxyl groups excluding tert-OH is 3. The summed E-state index contributed by atoms with van der Waals surface area (Å²) in [5.41, 5.74) is 0. The highest BCUT2D eigenvalue weighted by atomic mass is 32.1. The molecule has 0 amide bonds. The molecule has 0 heterocycles. The van der Waals surface area contributed by atoms with E-state index in [-0.39, 0.29) is 12.9 Å². The Kier molecular flexibility index (Phi) is 4.63. The lowest BCUT2D eigenvalue weighted by atomic mass is 10.1. The topological polar surface area (TPSA) is 77.8 Å². The van der Waals surface area contributed by atoms with Gasteiger partial charge in [-0.15, -0.1) is 0 Å². The van der Waals surface area contributed by atoms with Crippen molar-refractivity contribution in [3.8, 4) is 0 Å². The van der Waals surface area contributed by atoms with Gasteiger partial charge in [-0.3, -0.25) is 0 Å². The van der Waals surface area contributed by atoms with Gasteiger partial charge in [0.15, 0.2) is 6.29 Å². The van der Waals surface area contributed by atoms with E-state index in [2.05, 4.69) is 12.6 Å². The van der Waals surface area contributed by atoms with Crippen LogP contribution in [-0.4, -0.2) is 45.7 Å². The first kappa shape index (κ1) is 9.90. The van der Waals surface area contributed by atoms with Crippen LogP contribution in [0.15, 0.2) is 0 Å². The maximum atomic E-state index is 9.84. The van der Waals surface area contributed by atoms with Crippen LogP contribution in [0.2, 0.25) is 0 Å². The first-order valence-electron chi connectivity index (χ1n) is 2.73. The van der Waals surface area contributed by atoms with Gasteiger partial charge in [-0.05, 0) is 0 Å². The van der Waals surface area contributed by atoms with Gasteiger partial charge in [0, 0.05) is 0 Å². The molecule has 0 fully saturated rings. The smallest absolute Gasteiger partial charge is 0.151 e. The molecule has 0 spiro atoms. The summed E-state index contributed by atoms with van der Waals surface area (Å²) in [4.78, 5) is 9.84. The summed E-state index contributed by atoms with van der Waals surface area (Å²) < 4.78 is 0. The van der Waals surface area contributed by atoms with Gasteiger partial charge in [0.1, 0.15) is 12.2 Å². The van der Waals surface area contributed by atoms with Crippen molar-refractivity contribution in [2.75, 3.05) is 6.61 Å². The van der Waals surface area contributed by atoms with Gasteiger partial charge in [-0.25, -0.2) is 0 Å².